The molecule has 2 amide bonds. The van der Waals surface area contributed by atoms with Crippen LogP contribution in [0.2, 0.25) is 0 Å². The van der Waals surface area contributed by atoms with E-state index in [1.54, 1.807) is 0 Å². The SMILES string of the molecule is CC(C)C[C@H]1COc2ccccc2CCCCCC2(CCN(C(=O)c3ccc4cc[nH]c4c3)CC2)C(=O)N1. The minimum absolute atomic E-state index is 0.0413. The zero-order valence-corrected chi connectivity index (χ0v) is 22.8. The second kappa shape index (κ2) is 11.6. The molecule has 5 rings (SSSR count). The molecule has 1 atom stereocenters. The van der Waals surface area contributed by atoms with E-state index in [9.17, 15) is 9.59 Å². The number of amides is 2. The fourth-order valence-electron chi connectivity index (χ4n) is 6.17. The highest BCUT2D eigenvalue weighted by atomic mass is 16.5. The van der Waals surface area contributed by atoms with Crippen molar-refractivity contribution in [3.05, 3.63) is 65.9 Å². The van der Waals surface area contributed by atoms with Crippen molar-refractivity contribution in [1.29, 1.82) is 0 Å². The summed E-state index contributed by atoms with van der Waals surface area (Å²) in [6, 6.07) is 16.1. The van der Waals surface area contributed by atoms with Crippen LogP contribution in [0, 0.1) is 11.3 Å². The predicted molar refractivity (Wildman–Crippen MR) is 151 cm³/mol. The third kappa shape index (κ3) is 5.90. The van der Waals surface area contributed by atoms with Gasteiger partial charge in [0.15, 0.2) is 0 Å². The molecule has 0 bridgehead atoms. The minimum Gasteiger partial charge on any atom is -0.491 e. The number of hydrogen-bond acceptors (Lipinski definition) is 3. The third-order valence-electron chi connectivity index (χ3n) is 8.40. The second-order valence-corrected chi connectivity index (χ2v) is 11.6. The molecule has 0 radical (unpaired) electrons. The van der Waals surface area contributed by atoms with Gasteiger partial charge < -0.3 is 19.9 Å². The van der Waals surface area contributed by atoms with Crippen LogP contribution in [0.15, 0.2) is 54.7 Å². The van der Waals surface area contributed by atoms with Crippen molar-refractivity contribution in [2.45, 2.75) is 71.3 Å². The maximum atomic E-state index is 13.9. The topological polar surface area (TPSA) is 74.4 Å². The second-order valence-electron chi connectivity index (χ2n) is 11.6. The molecule has 3 heterocycles. The van der Waals surface area contributed by atoms with E-state index in [-0.39, 0.29) is 17.9 Å². The highest BCUT2D eigenvalue weighted by Gasteiger charge is 2.42. The van der Waals surface area contributed by atoms with Crippen LogP contribution in [0.3, 0.4) is 0 Å². The van der Waals surface area contributed by atoms with E-state index in [0.717, 1.165) is 55.2 Å². The molecule has 1 aromatic heterocycles. The molecule has 0 unspecified atom stereocenters. The first-order chi connectivity index (χ1) is 18.4. The van der Waals surface area contributed by atoms with Crippen molar-refractivity contribution in [2.24, 2.45) is 11.3 Å². The summed E-state index contributed by atoms with van der Waals surface area (Å²) in [7, 11) is 0. The number of ether oxygens (including phenoxy) is 1. The predicted octanol–water partition coefficient (Wildman–Crippen LogP) is 6.12. The van der Waals surface area contributed by atoms with Crippen molar-refractivity contribution >= 4 is 22.7 Å². The van der Waals surface area contributed by atoms with Gasteiger partial charge in [0.2, 0.25) is 5.91 Å². The van der Waals surface area contributed by atoms with Gasteiger partial charge in [-0.15, -0.1) is 0 Å². The fourth-order valence-corrected chi connectivity index (χ4v) is 6.17. The van der Waals surface area contributed by atoms with Gasteiger partial charge in [0, 0.05) is 30.4 Å². The molecule has 0 saturated carbocycles. The van der Waals surface area contributed by atoms with Crippen molar-refractivity contribution in [1.82, 2.24) is 15.2 Å². The number of nitrogens with zero attached hydrogens (tertiary/aromatic N) is 1. The Hall–Kier alpha value is -3.28. The summed E-state index contributed by atoms with van der Waals surface area (Å²) in [6.07, 6.45) is 9.20. The number of nitrogens with one attached hydrogen (secondary N) is 2. The Kier molecular flexibility index (Phi) is 8.06. The molecule has 2 aromatic carbocycles. The highest BCUT2D eigenvalue weighted by molar-refractivity contribution is 5.98. The Morgan fingerprint density at radius 1 is 1.05 bits per heavy atom. The van der Waals surface area contributed by atoms with Crippen molar-refractivity contribution in [3.8, 4) is 5.75 Å². The molecule has 38 heavy (non-hydrogen) atoms. The number of aromatic nitrogens is 1. The monoisotopic (exact) mass is 515 g/mol. The summed E-state index contributed by atoms with van der Waals surface area (Å²) in [5, 5.41) is 4.50. The third-order valence-corrected chi connectivity index (χ3v) is 8.40. The van der Waals surface area contributed by atoms with Crippen molar-refractivity contribution < 1.29 is 14.3 Å². The molecule has 1 spiro atoms. The molecule has 2 aliphatic heterocycles. The number of H-pyrrole nitrogens is 1. The van der Waals surface area contributed by atoms with Crippen LogP contribution < -0.4 is 10.1 Å². The Balaban J connectivity index is 1.30. The summed E-state index contributed by atoms with van der Waals surface area (Å²) in [4.78, 5) is 32.4. The summed E-state index contributed by atoms with van der Waals surface area (Å²) in [6.45, 7) is 6.05. The van der Waals surface area contributed by atoms with Gasteiger partial charge in [-0.25, -0.2) is 0 Å². The van der Waals surface area contributed by atoms with Gasteiger partial charge in [0.05, 0.1) is 11.5 Å². The van der Waals surface area contributed by atoms with E-state index < -0.39 is 5.41 Å². The van der Waals surface area contributed by atoms with E-state index >= 15 is 0 Å². The molecule has 0 aliphatic carbocycles. The largest absolute Gasteiger partial charge is 0.491 e. The maximum absolute atomic E-state index is 13.9. The Bertz CT molecular complexity index is 1260. The normalized spacial score (nSPS) is 20.7. The Morgan fingerprint density at radius 3 is 2.68 bits per heavy atom. The number of rotatable bonds is 3. The lowest BCUT2D eigenvalue weighted by Crippen LogP contribution is -2.53. The summed E-state index contributed by atoms with van der Waals surface area (Å²) in [5.74, 6) is 1.57. The number of likely N-dealkylation sites (tertiary alicyclic amines) is 1. The van der Waals surface area contributed by atoms with Gasteiger partial charge in [-0.1, -0.05) is 51.0 Å². The van der Waals surface area contributed by atoms with Gasteiger partial charge in [-0.2, -0.15) is 0 Å². The van der Waals surface area contributed by atoms with Crippen molar-refractivity contribution in [3.63, 3.8) is 0 Å². The zero-order valence-electron chi connectivity index (χ0n) is 22.8. The molecule has 6 heteroatoms. The number of carbonyl (C=O) groups excluding carboxylic acids is 2. The smallest absolute Gasteiger partial charge is 0.253 e. The van der Waals surface area contributed by atoms with E-state index in [1.807, 2.05) is 47.5 Å². The zero-order chi connectivity index (χ0) is 26.5. The molecule has 2 aliphatic rings. The summed E-state index contributed by atoms with van der Waals surface area (Å²) >= 11 is 0. The van der Waals surface area contributed by atoms with Gasteiger partial charge in [-0.3, -0.25) is 9.59 Å². The standard InChI is InChI=1S/C32H41N3O3/c1-23(2)20-27-22-38-29-10-6-5-9-25(29)8-4-3-7-14-32(31(37)34-27)15-18-35(19-16-32)30(36)26-12-11-24-13-17-33-28(24)21-26/h5-6,9-13,17,21,23,27,33H,3-4,7-8,14-16,18-20,22H2,1-2H3,(H,34,37)/t27-/m0/s1. The summed E-state index contributed by atoms with van der Waals surface area (Å²) in [5.41, 5.74) is 2.49. The number of aromatic amines is 1. The van der Waals surface area contributed by atoms with Crippen LogP contribution in [-0.4, -0.2) is 47.4 Å². The first-order valence-corrected chi connectivity index (χ1v) is 14.3. The maximum Gasteiger partial charge on any atom is 0.253 e. The van der Waals surface area contributed by atoms with Gasteiger partial charge in [-0.05, 0) is 79.7 Å². The molecule has 1 fully saturated rings. The number of aryl methyl sites for hydroxylation is 1. The number of piperidine rings is 1. The lowest BCUT2D eigenvalue weighted by atomic mass is 9.73. The first-order valence-electron chi connectivity index (χ1n) is 14.3. The van der Waals surface area contributed by atoms with E-state index in [4.69, 9.17) is 4.74 Å². The highest BCUT2D eigenvalue weighted by Crippen LogP contribution is 2.38. The van der Waals surface area contributed by atoms with Crippen LogP contribution in [0.4, 0.5) is 0 Å². The molecule has 6 nitrogen and oxygen atoms in total. The molecule has 3 aromatic rings. The van der Waals surface area contributed by atoms with Gasteiger partial charge in [0.1, 0.15) is 12.4 Å². The van der Waals surface area contributed by atoms with Crippen LogP contribution >= 0.6 is 0 Å². The van der Waals surface area contributed by atoms with Crippen LogP contribution in [0.5, 0.6) is 5.75 Å². The van der Waals surface area contributed by atoms with Gasteiger partial charge in [0.25, 0.3) is 5.91 Å². The number of benzene rings is 2. The van der Waals surface area contributed by atoms with Crippen LogP contribution in [0.25, 0.3) is 10.9 Å². The van der Waals surface area contributed by atoms with E-state index in [2.05, 4.69) is 36.3 Å². The first kappa shape index (κ1) is 26.3. The number of fused-ring (bicyclic) bond motifs is 2. The average molecular weight is 516 g/mol. The Morgan fingerprint density at radius 2 is 1.87 bits per heavy atom. The lowest BCUT2D eigenvalue weighted by molar-refractivity contribution is -0.135. The van der Waals surface area contributed by atoms with Crippen LogP contribution in [-0.2, 0) is 11.2 Å². The minimum atomic E-state index is -0.434. The summed E-state index contributed by atoms with van der Waals surface area (Å²) < 4.78 is 6.29. The lowest BCUT2D eigenvalue weighted by Gasteiger charge is -2.41. The quantitative estimate of drug-likeness (QED) is 0.442. The number of hydrogen-bond donors (Lipinski definition) is 2. The molecular formula is C32H41N3O3. The van der Waals surface area contributed by atoms with E-state index in [1.165, 1.54) is 5.56 Å². The number of carbonyl (C=O) groups is 2. The van der Waals surface area contributed by atoms with Gasteiger partial charge >= 0.3 is 0 Å². The molecule has 1 saturated heterocycles. The Labute approximate surface area is 226 Å². The van der Waals surface area contributed by atoms with E-state index in [0.29, 0.717) is 44.0 Å². The van der Waals surface area contributed by atoms with Crippen molar-refractivity contribution in [2.75, 3.05) is 19.7 Å². The molecule has 2 N–H and O–H groups in total. The fraction of sp³-hybridized carbons (Fsp3) is 0.500. The molecular weight excluding hydrogens is 474 g/mol. The molecule has 202 valence electrons. The van der Waals surface area contributed by atoms with Crippen LogP contribution in [0.1, 0.15) is 74.7 Å². The average Bonchev–Trinajstić information content (AvgIpc) is 3.39. The number of para-hydroxylation sites is 1.